The van der Waals surface area contributed by atoms with Crippen LogP contribution in [0, 0.1) is 6.92 Å². The van der Waals surface area contributed by atoms with Gasteiger partial charge in [0.1, 0.15) is 0 Å². The van der Waals surface area contributed by atoms with Gasteiger partial charge in [-0.2, -0.15) is 0 Å². The van der Waals surface area contributed by atoms with E-state index in [1.165, 1.54) is 0 Å². The number of aryl methyl sites for hydroxylation is 1. The molecule has 6 nitrogen and oxygen atoms in total. The van der Waals surface area contributed by atoms with E-state index in [2.05, 4.69) is 15.5 Å². The summed E-state index contributed by atoms with van der Waals surface area (Å²) in [5.74, 6) is 0.0816. The van der Waals surface area contributed by atoms with Crippen molar-refractivity contribution in [3.63, 3.8) is 0 Å². The minimum Gasteiger partial charge on any atom is -0.368 e. The maximum Gasteiger partial charge on any atom is 0.323 e. The molecule has 0 aromatic heterocycles. The van der Waals surface area contributed by atoms with Crippen molar-refractivity contribution >= 4 is 52.2 Å². The van der Waals surface area contributed by atoms with Crippen LogP contribution >= 0.6 is 23.2 Å². The number of nitrogens with one attached hydrogen (secondary N) is 2. The van der Waals surface area contributed by atoms with Crippen molar-refractivity contribution in [3.8, 4) is 0 Å². The van der Waals surface area contributed by atoms with Gasteiger partial charge in [0, 0.05) is 43.1 Å². The summed E-state index contributed by atoms with van der Waals surface area (Å²) in [6.45, 7) is 4.78. The second-order valence-corrected chi connectivity index (χ2v) is 8.61. The molecule has 1 fully saturated rings. The first-order valence-electron chi connectivity index (χ1n) is 10.6. The summed E-state index contributed by atoms with van der Waals surface area (Å²) in [5.41, 5.74) is 3.90. The Hall–Kier alpha value is -3.22. The van der Waals surface area contributed by atoms with Crippen molar-refractivity contribution in [2.24, 2.45) is 0 Å². The van der Waals surface area contributed by atoms with Crippen LogP contribution in [0.2, 0.25) is 10.0 Å². The number of nitrogens with zero attached hydrogens (tertiary/aromatic N) is 2. The van der Waals surface area contributed by atoms with Gasteiger partial charge < -0.3 is 20.4 Å². The van der Waals surface area contributed by atoms with Gasteiger partial charge in [-0.25, -0.2) is 4.79 Å². The van der Waals surface area contributed by atoms with Crippen molar-refractivity contribution in [1.29, 1.82) is 0 Å². The van der Waals surface area contributed by atoms with Gasteiger partial charge in [-0.1, -0.05) is 47.5 Å². The quantitative estimate of drug-likeness (QED) is 0.485. The molecule has 0 saturated carbocycles. The van der Waals surface area contributed by atoms with Gasteiger partial charge in [0.05, 0.1) is 15.7 Å². The molecule has 170 valence electrons. The number of hydrogen-bond acceptors (Lipinski definition) is 3. The fraction of sp³-hybridized carbons (Fsp3) is 0.200. The van der Waals surface area contributed by atoms with Crippen LogP contribution in [0.1, 0.15) is 15.9 Å². The Morgan fingerprint density at radius 1 is 0.818 bits per heavy atom. The Morgan fingerprint density at radius 2 is 1.52 bits per heavy atom. The number of rotatable bonds is 4. The Kier molecular flexibility index (Phi) is 7.06. The second kappa shape index (κ2) is 10.1. The summed E-state index contributed by atoms with van der Waals surface area (Å²) < 4.78 is 0. The summed E-state index contributed by atoms with van der Waals surface area (Å²) in [7, 11) is 0. The summed E-state index contributed by atoms with van der Waals surface area (Å²) in [5, 5.41) is 6.16. The van der Waals surface area contributed by atoms with E-state index in [1.807, 2.05) is 60.4 Å². The van der Waals surface area contributed by atoms with Gasteiger partial charge in [0.15, 0.2) is 0 Å². The van der Waals surface area contributed by atoms with Crippen molar-refractivity contribution in [3.05, 3.63) is 87.9 Å². The number of hydrogen-bond donors (Lipinski definition) is 2. The number of carbonyl (C=O) groups is 2. The molecule has 4 rings (SSSR count). The first-order chi connectivity index (χ1) is 15.9. The zero-order chi connectivity index (χ0) is 23.4. The second-order valence-electron chi connectivity index (χ2n) is 7.82. The smallest absolute Gasteiger partial charge is 0.323 e. The van der Waals surface area contributed by atoms with Crippen molar-refractivity contribution in [2.45, 2.75) is 6.92 Å². The average molecular weight is 483 g/mol. The van der Waals surface area contributed by atoms with Gasteiger partial charge >= 0.3 is 6.03 Å². The predicted octanol–water partition coefficient (Wildman–Crippen LogP) is 5.91. The molecule has 1 aliphatic heterocycles. The van der Waals surface area contributed by atoms with Gasteiger partial charge in [-0.3, -0.25) is 4.79 Å². The van der Waals surface area contributed by atoms with E-state index in [0.29, 0.717) is 34.5 Å². The first kappa shape index (κ1) is 23.0. The highest BCUT2D eigenvalue weighted by molar-refractivity contribution is 6.44. The molecule has 0 aliphatic carbocycles. The van der Waals surface area contributed by atoms with Crippen LogP contribution in [0.4, 0.5) is 21.9 Å². The molecule has 3 aromatic carbocycles. The molecule has 2 N–H and O–H groups in total. The lowest BCUT2D eigenvalue weighted by atomic mass is 10.1. The van der Waals surface area contributed by atoms with E-state index in [1.54, 1.807) is 18.2 Å². The SMILES string of the molecule is Cc1ccccc1C(=O)N1CCN(c2ccc(NC(=O)Nc3cccc(Cl)c3Cl)cc2)CC1. The van der Waals surface area contributed by atoms with Gasteiger partial charge in [0.25, 0.3) is 5.91 Å². The number of benzene rings is 3. The molecule has 0 radical (unpaired) electrons. The first-order valence-corrected chi connectivity index (χ1v) is 11.4. The summed E-state index contributed by atoms with van der Waals surface area (Å²) in [6.07, 6.45) is 0. The molecule has 1 saturated heterocycles. The van der Waals surface area contributed by atoms with Crippen LogP contribution in [0.5, 0.6) is 0 Å². The summed E-state index contributed by atoms with van der Waals surface area (Å²) in [4.78, 5) is 29.3. The third-order valence-corrected chi connectivity index (χ3v) is 6.45. The topological polar surface area (TPSA) is 64.7 Å². The van der Waals surface area contributed by atoms with E-state index in [-0.39, 0.29) is 5.91 Å². The van der Waals surface area contributed by atoms with E-state index in [0.717, 1.165) is 29.9 Å². The maximum absolute atomic E-state index is 12.8. The fourth-order valence-electron chi connectivity index (χ4n) is 3.79. The molecule has 0 unspecified atom stereocenters. The number of urea groups is 1. The van der Waals surface area contributed by atoms with Crippen LogP contribution in [0.15, 0.2) is 66.7 Å². The molecule has 1 aliphatic rings. The molecular formula is C25H24Cl2N4O2. The van der Waals surface area contributed by atoms with E-state index in [9.17, 15) is 9.59 Å². The zero-order valence-corrected chi connectivity index (χ0v) is 19.7. The van der Waals surface area contributed by atoms with Gasteiger partial charge in [-0.15, -0.1) is 0 Å². The largest absolute Gasteiger partial charge is 0.368 e. The third kappa shape index (κ3) is 5.41. The highest BCUT2D eigenvalue weighted by Gasteiger charge is 2.23. The number of piperazine rings is 1. The van der Waals surface area contributed by atoms with Gasteiger partial charge in [0.2, 0.25) is 0 Å². The standard InChI is InChI=1S/C25H24Cl2N4O2/c1-17-5-2-3-6-20(17)24(32)31-15-13-30(14-16-31)19-11-9-18(10-12-19)28-25(33)29-22-8-4-7-21(26)23(22)27/h2-12H,13-16H2,1H3,(H2,28,29,33). The molecular weight excluding hydrogens is 459 g/mol. The van der Waals surface area contributed by atoms with E-state index < -0.39 is 6.03 Å². The highest BCUT2D eigenvalue weighted by atomic mass is 35.5. The van der Waals surface area contributed by atoms with Crippen LogP contribution in [-0.2, 0) is 0 Å². The lowest BCUT2D eigenvalue weighted by Crippen LogP contribution is -2.48. The number of carbonyl (C=O) groups excluding carboxylic acids is 2. The molecule has 1 heterocycles. The molecule has 3 aromatic rings. The molecule has 0 bridgehead atoms. The molecule has 8 heteroatoms. The Labute approximate surface area is 203 Å². The number of amides is 3. The predicted molar refractivity (Wildman–Crippen MR) is 135 cm³/mol. The van der Waals surface area contributed by atoms with Crippen LogP contribution in [0.3, 0.4) is 0 Å². The average Bonchev–Trinajstić information content (AvgIpc) is 2.82. The van der Waals surface area contributed by atoms with Crippen molar-refractivity contribution < 1.29 is 9.59 Å². The highest BCUT2D eigenvalue weighted by Crippen LogP contribution is 2.29. The Morgan fingerprint density at radius 3 is 2.21 bits per heavy atom. The Balaban J connectivity index is 1.32. The maximum atomic E-state index is 12.8. The van der Waals surface area contributed by atoms with Crippen LogP contribution < -0.4 is 15.5 Å². The van der Waals surface area contributed by atoms with Crippen LogP contribution in [-0.4, -0.2) is 43.0 Å². The molecule has 33 heavy (non-hydrogen) atoms. The lowest BCUT2D eigenvalue weighted by Gasteiger charge is -2.36. The molecule has 0 spiro atoms. The summed E-state index contributed by atoms with van der Waals surface area (Å²) >= 11 is 12.1. The normalized spacial score (nSPS) is 13.5. The third-order valence-electron chi connectivity index (χ3n) is 5.63. The molecule has 0 atom stereocenters. The van der Waals surface area contributed by atoms with Crippen molar-refractivity contribution in [2.75, 3.05) is 41.7 Å². The molecule has 3 amide bonds. The Bertz CT molecular complexity index is 1160. The monoisotopic (exact) mass is 482 g/mol. The minimum atomic E-state index is -0.407. The lowest BCUT2D eigenvalue weighted by molar-refractivity contribution is 0.0746. The number of halogens is 2. The number of anilines is 3. The minimum absolute atomic E-state index is 0.0816. The zero-order valence-electron chi connectivity index (χ0n) is 18.1. The fourth-order valence-corrected chi connectivity index (χ4v) is 4.14. The van der Waals surface area contributed by atoms with Crippen molar-refractivity contribution in [1.82, 2.24) is 4.90 Å². The van der Waals surface area contributed by atoms with E-state index >= 15 is 0 Å². The van der Waals surface area contributed by atoms with Gasteiger partial charge in [-0.05, 0) is 55.0 Å². The summed E-state index contributed by atoms with van der Waals surface area (Å²) in [6, 6.07) is 19.9. The van der Waals surface area contributed by atoms with Crippen LogP contribution in [0.25, 0.3) is 0 Å². The van der Waals surface area contributed by atoms with E-state index in [4.69, 9.17) is 23.2 Å².